The van der Waals surface area contributed by atoms with Gasteiger partial charge in [0.25, 0.3) is 0 Å². The Morgan fingerprint density at radius 1 is 1.31 bits per heavy atom. The SMILES string of the molecule is CCCS(=O)(=O)N1CCC(NC(=NC)NCC(C)Oc2ccc(Cl)cc2)CC1.I. The first kappa shape index (κ1) is 26.3. The predicted molar refractivity (Wildman–Crippen MR) is 130 cm³/mol. The molecule has 1 aliphatic rings. The average molecular weight is 559 g/mol. The summed E-state index contributed by atoms with van der Waals surface area (Å²) in [5.74, 6) is 1.68. The van der Waals surface area contributed by atoms with E-state index in [2.05, 4.69) is 15.6 Å². The number of rotatable bonds is 8. The lowest BCUT2D eigenvalue weighted by Gasteiger charge is -2.32. The molecular formula is C19H32ClIN4O3S. The molecule has 0 aromatic heterocycles. The number of ether oxygens (including phenoxy) is 1. The van der Waals surface area contributed by atoms with Gasteiger partial charge in [-0.05, 0) is 50.5 Å². The van der Waals surface area contributed by atoms with E-state index in [4.69, 9.17) is 16.3 Å². The van der Waals surface area contributed by atoms with Crippen molar-refractivity contribution in [1.82, 2.24) is 14.9 Å². The van der Waals surface area contributed by atoms with E-state index in [-0.39, 0.29) is 41.9 Å². The second-order valence-corrected chi connectivity index (χ2v) is 9.49. The number of guanidine groups is 1. The number of sulfonamides is 1. The lowest BCUT2D eigenvalue weighted by Crippen LogP contribution is -2.51. The van der Waals surface area contributed by atoms with Crippen LogP contribution in [-0.4, -0.2) is 63.3 Å². The summed E-state index contributed by atoms with van der Waals surface area (Å²) >= 11 is 5.88. The molecule has 2 N–H and O–H groups in total. The summed E-state index contributed by atoms with van der Waals surface area (Å²) in [6.07, 6.45) is 2.12. The van der Waals surface area contributed by atoms with E-state index in [1.165, 1.54) is 0 Å². The van der Waals surface area contributed by atoms with Crippen LogP contribution < -0.4 is 15.4 Å². The Morgan fingerprint density at radius 2 is 1.93 bits per heavy atom. The third kappa shape index (κ3) is 8.85. The first-order valence-corrected chi connectivity index (χ1v) is 11.7. The van der Waals surface area contributed by atoms with Gasteiger partial charge in [0.15, 0.2) is 5.96 Å². The Kier molecular flexibility index (Phi) is 11.6. The number of halogens is 2. The maximum absolute atomic E-state index is 12.2. The van der Waals surface area contributed by atoms with E-state index >= 15 is 0 Å². The third-order valence-electron chi connectivity index (χ3n) is 4.58. The number of hydrogen-bond acceptors (Lipinski definition) is 4. The molecule has 166 valence electrons. The van der Waals surface area contributed by atoms with Crippen LogP contribution in [0.3, 0.4) is 0 Å². The van der Waals surface area contributed by atoms with Gasteiger partial charge in [0.2, 0.25) is 10.0 Å². The molecule has 1 aliphatic heterocycles. The molecule has 10 heteroatoms. The second kappa shape index (κ2) is 12.8. The quantitative estimate of drug-likeness (QED) is 0.291. The molecule has 0 spiro atoms. The van der Waals surface area contributed by atoms with Gasteiger partial charge in [0.1, 0.15) is 11.9 Å². The number of piperidine rings is 1. The molecule has 2 rings (SSSR count). The maximum atomic E-state index is 12.2. The average Bonchev–Trinajstić information content (AvgIpc) is 2.67. The molecule has 1 heterocycles. The highest BCUT2D eigenvalue weighted by atomic mass is 127. The molecule has 0 saturated carbocycles. The van der Waals surface area contributed by atoms with Crippen LogP contribution in [-0.2, 0) is 10.0 Å². The van der Waals surface area contributed by atoms with Gasteiger partial charge in [-0.1, -0.05) is 18.5 Å². The highest BCUT2D eigenvalue weighted by molar-refractivity contribution is 14.0. The molecule has 1 unspecified atom stereocenters. The molecular weight excluding hydrogens is 527 g/mol. The van der Waals surface area contributed by atoms with Crippen molar-refractivity contribution in [1.29, 1.82) is 0 Å². The molecule has 1 fully saturated rings. The van der Waals surface area contributed by atoms with Gasteiger partial charge in [0, 0.05) is 31.2 Å². The minimum absolute atomic E-state index is 0. The van der Waals surface area contributed by atoms with Crippen LogP contribution in [0, 0.1) is 0 Å². The number of nitrogens with one attached hydrogen (secondary N) is 2. The molecule has 0 aliphatic carbocycles. The number of hydrogen-bond donors (Lipinski definition) is 2. The third-order valence-corrected chi connectivity index (χ3v) is 6.91. The molecule has 0 bridgehead atoms. The van der Waals surface area contributed by atoms with Crippen molar-refractivity contribution < 1.29 is 13.2 Å². The summed E-state index contributed by atoms with van der Waals surface area (Å²) in [5.41, 5.74) is 0. The molecule has 1 aromatic carbocycles. The Morgan fingerprint density at radius 3 is 2.48 bits per heavy atom. The van der Waals surface area contributed by atoms with Crippen LogP contribution >= 0.6 is 35.6 Å². The minimum atomic E-state index is -3.11. The summed E-state index contributed by atoms with van der Waals surface area (Å²) in [7, 11) is -1.39. The van der Waals surface area contributed by atoms with E-state index in [9.17, 15) is 8.42 Å². The van der Waals surface area contributed by atoms with Crippen LogP contribution in [0.25, 0.3) is 0 Å². The van der Waals surface area contributed by atoms with Crippen molar-refractivity contribution >= 4 is 51.6 Å². The van der Waals surface area contributed by atoms with Crippen LogP contribution in [0.5, 0.6) is 5.75 Å². The molecule has 1 saturated heterocycles. The first-order chi connectivity index (χ1) is 13.3. The van der Waals surface area contributed by atoms with Crippen molar-refractivity contribution in [2.45, 2.75) is 45.3 Å². The Bertz CT molecular complexity index is 738. The molecule has 7 nitrogen and oxygen atoms in total. The molecule has 29 heavy (non-hydrogen) atoms. The fourth-order valence-corrected chi connectivity index (χ4v) is 4.75. The Hall–Kier alpha value is -0.780. The lowest BCUT2D eigenvalue weighted by atomic mass is 10.1. The number of aliphatic imine (C=N–C) groups is 1. The van der Waals surface area contributed by atoms with Crippen molar-refractivity contribution in [3.05, 3.63) is 29.3 Å². The van der Waals surface area contributed by atoms with Gasteiger partial charge >= 0.3 is 0 Å². The summed E-state index contributed by atoms with van der Waals surface area (Å²) < 4.78 is 31.8. The van der Waals surface area contributed by atoms with Gasteiger partial charge in [0.05, 0.1) is 12.3 Å². The summed E-state index contributed by atoms with van der Waals surface area (Å²) in [5, 5.41) is 7.32. The fraction of sp³-hybridized carbons (Fsp3) is 0.632. The molecule has 1 atom stereocenters. The van der Waals surface area contributed by atoms with E-state index in [0.29, 0.717) is 37.0 Å². The highest BCUT2D eigenvalue weighted by Gasteiger charge is 2.27. The highest BCUT2D eigenvalue weighted by Crippen LogP contribution is 2.17. The Labute approximate surface area is 196 Å². The number of benzene rings is 1. The van der Waals surface area contributed by atoms with Crippen LogP contribution in [0.4, 0.5) is 0 Å². The molecule has 0 radical (unpaired) electrons. The largest absolute Gasteiger partial charge is 0.489 e. The summed E-state index contributed by atoms with van der Waals surface area (Å²) in [6, 6.07) is 7.47. The van der Waals surface area contributed by atoms with Crippen LogP contribution in [0.15, 0.2) is 29.3 Å². The maximum Gasteiger partial charge on any atom is 0.214 e. The summed E-state index contributed by atoms with van der Waals surface area (Å²) in [4.78, 5) is 4.26. The van der Waals surface area contributed by atoms with Crippen molar-refractivity contribution in [2.24, 2.45) is 4.99 Å². The fourth-order valence-electron chi connectivity index (χ4n) is 3.08. The standard InChI is InChI=1S/C19H31ClN4O3S.HI/c1-4-13-28(25,26)24-11-9-17(10-12-24)23-19(21-3)22-14-15(2)27-18-7-5-16(20)6-8-18;/h5-8,15,17H,4,9-14H2,1-3H3,(H2,21,22,23);1H. The Balaban J connectivity index is 0.00000420. The smallest absolute Gasteiger partial charge is 0.214 e. The van der Waals surface area contributed by atoms with Gasteiger partial charge in [-0.3, -0.25) is 4.99 Å². The van der Waals surface area contributed by atoms with Gasteiger partial charge in [-0.15, -0.1) is 24.0 Å². The zero-order valence-corrected chi connectivity index (χ0v) is 21.1. The first-order valence-electron chi connectivity index (χ1n) is 9.71. The van der Waals surface area contributed by atoms with Crippen molar-refractivity contribution in [3.63, 3.8) is 0 Å². The number of nitrogens with zero attached hydrogens (tertiary/aromatic N) is 2. The minimum Gasteiger partial charge on any atom is -0.489 e. The lowest BCUT2D eigenvalue weighted by molar-refractivity contribution is 0.223. The van der Waals surface area contributed by atoms with Crippen molar-refractivity contribution in [2.75, 3.05) is 32.4 Å². The van der Waals surface area contributed by atoms with Crippen LogP contribution in [0.2, 0.25) is 5.02 Å². The topological polar surface area (TPSA) is 83.0 Å². The van der Waals surface area contributed by atoms with E-state index in [1.807, 2.05) is 26.0 Å². The van der Waals surface area contributed by atoms with E-state index < -0.39 is 10.0 Å². The van der Waals surface area contributed by atoms with Gasteiger partial charge in [-0.25, -0.2) is 12.7 Å². The second-order valence-electron chi connectivity index (χ2n) is 6.97. The summed E-state index contributed by atoms with van der Waals surface area (Å²) in [6.45, 7) is 5.55. The van der Waals surface area contributed by atoms with Gasteiger partial charge in [-0.2, -0.15) is 0 Å². The van der Waals surface area contributed by atoms with E-state index in [1.54, 1.807) is 23.5 Å². The monoisotopic (exact) mass is 558 g/mol. The predicted octanol–water partition coefficient (Wildman–Crippen LogP) is 3.09. The zero-order valence-electron chi connectivity index (χ0n) is 17.2. The zero-order chi connectivity index (χ0) is 20.6. The van der Waals surface area contributed by atoms with Crippen molar-refractivity contribution in [3.8, 4) is 5.75 Å². The molecule has 0 amide bonds. The van der Waals surface area contributed by atoms with Gasteiger partial charge < -0.3 is 15.4 Å². The van der Waals surface area contributed by atoms with E-state index in [0.717, 1.165) is 18.6 Å². The normalized spacial score (nSPS) is 17.3. The van der Waals surface area contributed by atoms with Crippen LogP contribution in [0.1, 0.15) is 33.1 Å². The molecule has 1 aromatic rings.